The minimum absolute atomic E-state index is 0.600. The van der Waals surface area contributed by atoms with Gasteiger partial charge in [0, 0.05) is 53.2 Å². The van der Waals surface area contributed by atoms with E-state index in [0.29, 0.717) is 23.4 Å². The second kappa shape index (κ2) is 12.1. The van der Waals surface area contributed by atoms with Crippen LogP contribution >= 0.6 is 11.3 Å². The van der Waals surface area contributed by atoms with Gasteiger partial charge in [0.15, 0.2) is 23.1 Å². The summed E-state index contributed by atoms with van der Waals surface area (Å²) < 4.78 is 9.11. The lowest BCUT2D eigenvalue weighted by Crippen LogP contribution is -2.01. The smallest absolute Gasteiger partial charge is 0.227 e. The summed E-state index contributed by atoms with van der Waals surface area (Å²) >= 11 is 1.79. The van der Waals surface area contributed by atoms with Crippen LogP contribution in [0, 0.1) is 0 Å². The van der Waals surface area contributed by atoms with Gasteiger partial charge in [0.25, 0.3) is 0 Å². The monoisotopic (exact) mass is 732 g/mol. The number of fused-ring (bicyclic) bond motifs is 11. The highest BCUT2D eigenvalue weighted by Gasteiger charge is 2.21. The highest BCUT2D eigenvalue weighted by molar-refractivity contribution is 7.25. The molecule has 0 atom stereocenters. The van der Waals surface area contributed by atoms with Crippen LogP contribution in [-0.2, 0) is 0 Å². The molecule has 0 aliphatic heterocycles. The normalized spacial score (nSPS) is 11.9. The van der Waals surface area contributed by atoms with E-state index >= 15 is 0 Å². The summed E-state index contributed by atoms with van der Waals surface area (Å²) in [6.45, 7) is 0. The minimum Gasteiger partial charge on any atom is -0.435 e. The molecule has 56 heavy (non-hydrogen) atoms. The van der Waals surface area contributed by atoms with E-state index < -0.39 is 0 Å². The number of nitrogens with zero attached hydrogens (tertiary/aromatic N) is 4. The van der Waals surface area contributed by atoms with Gasteiger partial charge < -0.3 is 4.42 Å². The van der Waals surface area contributed by atoms with Crippen molar-refractivity contribution in [2.75, 3.05) is 0 Å². The Bertz CT molecular complexity index is 3550. The van der Waals surface area contributed by atoms with E-state index in [2.05, 4.69) is 133 Å². The predicted octanol–water partition coefficient (Wildman–Crippen LogP) is 13.7. The van der Waals surface area contributed by atoms with Crippen molar-refractivity contribution in [3.05, 3.63) is 170 Å². The second-order valence-corrected chi connectivity index (χ2v) is 15.3. The van der Waals surface area contributed by atoms with Gasteiger partial charge in [-0.3, -0.25) is 0 Å². The molecule has 0 amide bonds. The Labute approximate surface area is 324 Å². The lowest BCUT2D eigenvalue weighted by Gasteiger charge is -2.14. The molecule has 0 aliphatic rings. The molecule has 5 nitrogen and oxygen atoms in total. The third-order valence-corrected chi connectivity index (χ3v) is 12.0. The molecule has 0 bridgehead atoms. The molecule has 12 aromatic rings. The molecule has 6 heteroatoms. The summed E-state index contributed by atoms with van der Waals surface area (Å²) in [6.07, 6.45) is 0. The van der Waals surface area contributed by atoms with Crippen molar-refractivity contribution in [2.45, 2.75) is 0 Å². The Hall–Kier alpha value is -7.28. The second-order valence-electron chi connectivity index (χ2n) is 14.2. The zero-order chi connectivity index (χ0) is 36.7. The Kier molecular flexibility index (Phi) is 6.73. The summed E-state index contributed by atoms with van der Waals surface area (Å²) in [5, 5.41) is 11.1. The fourth-order valence-corrected chi connectivity index (χ4v) is 9.44. The molecule has 0 aliphatic carbocycles. The molecule has 0 radical (unpaired) electrons. The van der Waals surface area contributed by atoms with Gasteiger partial charge in [0.05, 0.1) is 0 Å². The molecule has 0 N–H and O–H groups in total. The lowest BCUT2D eigenvalue weighted by atomic mass is 9.92. The van der Waals surface area contributed by atoms with Crippen molar-refractivity contribution >= 4 is 85.7 Å². The number of aromatic nitrogens is 4. The standard InChI is InChI=1S/C50H28N4OS/c1-2-12-31(13-3-1)50-51-40-26-24-30-23-25-36-39(28-33-15-6-7-16-35(33)45(36)43(30)46(40)55-50)49-53-47(34-22-21-29-11-4-5-14-32(29)27-34)52-48(54-49)38-18-10-20-42-44(38)37-17-8-9-19-41(37)56-42/h1-28H. The first-order chi connectivity index (χ1) is 27.7. The van der Waals surface area contributed by atoms with E-state index in [0.717, 1.165) is 76.4 Å². The van der Waals surface area contributed by atoms with E-state index in [1.54, 1.807) is 11.3 Å². The molecule has 3 heterocycles. The Morgan fingerprint density at radius 2 is 1.07 bits per heavy atom. The number of thiophene rings is 1. The van der Waals surface area contributed by atoms with Gasteiger partial charge in [0.1, 0.15) is 5.52 Å². The van der Waals surface area contributed by atoms with Crippen LogP contribution in [0.25, 0.3) is 120 Å². The molecule has 9 aromatic carbocycles. The van der Waals surface area contributed by atoms with Crippen molar-refractivity contribution in [2.24, 2.45) is 0 Å². The van der Waals surface area contributed by atoms with E-state index in [-0.39, 0.29) is 0 Å². The first-order valence-corrected chi connectivity index (χ1v) is 19.4. The molecule has 0 fully saturated rings. The van der Waals surface area contributed by atoms with E-state index in [1.165, 1.54) is 20.2 Å². The van der Waals surface area contributed by atoms with Crippen molar-refractivity contribution in [1.29, 1.82) is 0 Å². The Morgan fingerprint density at radius 3 is 1.96 bits per heavy atom. The molecule has 0 unspecified atom stereocenters. The third-order valence-electron chi connectivity index (χ3n) is 10.9. The zero-order valence-electron chi connectivity index (χ0n) is 29.8. The summed E-state index contributed by atoms with van der Waals surface area (Å²) in [6, 6.07) is 59.2. The maximum Gasteiger partial charge on any atom is 0.227 e. The van der Waals surface area contributed by atoms with E-state index in [1.807, 2.05) is 36.4 Å². The summed E-state index contributed by atoms with van der Waals surface area (Å²) in [5.41, 5.74) is 5.36. The summed E-state index contributed by atoms with van der Waals surface area (Å²) in [5.74, 6) is 2.47. The van der Waals surface area contributed by atoms with Crippen LogP contribution in [0.2, 0.25) is 0 Å². The van der Waals surface area contributed by atoms with Crippen molar-refractivity contribution in [3.8, 4) is 45.6 Å². The van der Waals surface area contributed by atoms with Gasteiger partial charge in [-0.05, 0) is 74.8 Å². The van der Waals surface area contributed by atoms with Crippen LogP contribution in [0.4, 0.5) is 0 Å². The number of hydrogen-bond donors (Lipinski definition) is 0. The predicted molar refractivity (Wildman–Crippen MR) is 232 cm³/mol. The van der Waals surface area contributed by atoms with Crippen LogP contribution < -0.4 is 0 Å². The molecule has 0 saturated carbocycles. The summed E-state index contributed by atoms with van der Waals surface area (Å²) in [4.78, 5) is 20.9. The number of hydrogen-bond acceptors (Lipinski definition) is 6. The van der Waals surface area contributed by atoms with Crippen molar-refractivity contribution in [1.82, 2.24) is 19.9 Å². The van der Waals surface area contributed by atoms with Gasteiger partial charge in [0.2, 0.25) is 5.89 Å². The van der Waals surface area contributed by atoms with Crippen LogP contribution in [0.1, 0.15) is 0 Å². The van der Waals surface area contributed by atoms with E-state index in [9.17, 15) is 0 Å². The van der Waals surface area contributed by atoms with Crippen LogP contribution in [0.5, 0.6) is 0 Å². The molecule has 260 valence electrons. The van der Waals surface area contributed by atoms with Crippen LogP contribution in [0.3, 0.4) is 0 Å². The van der Waals surface area contributed by atoms with Crippen molar-refractivity contribution < 1.29 is 4.42 Å². The molecule has 0 spiro atoms. The average molecular weight is 733 g/mol. The number of benzene rings is 9. The van der Waals surface area contributed by atoms with Crippen LogP contribution in [0.15, 0.2) is 174 Å². The highest BCUT2D eigenvalue weighted by atomic mass is 32.1. The Morgan fingerprint density at radius 1 is 0.375 bits per heavy atom. The molecule has 12 rings (SSSR count). The van der Waals surface area contributed by atoms with Gasteiger partial charge in [-0.1, -0.05) is 127 Å². The molecular weight excluding hydrogens is 705 g/mol. The first-order valence-electron chi connectivity index (χ1n) is 18.6. The topological polar surface area (TPSA) is 64.7 Å². The SMILES string of the molecule is c1ccc(-c2nc3ccc4ccc5c(-c6nc(-c7ccc8ccccc8c7)nc(-c7cccc8sc9ccccc9c78)n6)cc6ccccc6c5c4c3o2)cc1. The third kappa shape index (κ3) is 4.79. The number of oxazole rings is 1. The maximum atomic E-state index is 6.68. The average Bonchev–Trinajstić information content (AvgIpc) is 3.88. The molecule has 0 saturated heterocycles. The molecular formula is C50H28N4OS. The van der Waals surface area contributed by atoms with Gasteiger partial charge >= 0.3 is 0 Å². The largest absolute Gasteiger partial charge is 0.435 e. The summed E-state index contributed by atoms with van der Waals surface area (Å²) in [7, 11) is 0. The fourth-order valence-electron chi connectivity index (χ4n) is 8.31. The molecule has 3 aromatic heterocycles. The van der Waals surface area contributed by atoms with Crippen molar-refractivity contribution in [3.63, 3.8) is 0 Å². The highest BCUT2D eigenvalue weighted by Crippen LogP contribution is 2.43. The maximum absolute atomic E-state index is 6.68. The van der Waals surface area contributed by atoms with Gasteiger partial charge in [-0.15, -0.1) is 11.3 Å². The van der Waals surface area contributed by atoms with Crippen LogP contribution in [-0.4, -0.2) is 19.9 Å². The zero-order valence-corrected chi connectivity index (χ0v) is 30.6. The fraction of sp³-hybridized carbons (Fsp3) is 0. The quantitative estimate of drug-likeness (QED) is 0.169. The van der Waals surface area contributed by atoms with E-state index in [4.69, 9.17) is 24.4 Å². The first kappa shape index (κ1) is 31.1. The number of rotatable bonds is 4. The van der Waals surface area contributed by atoms with Gasteiger partial charge in [-0.25, -0.2) is 19.9 Å². The Balaban J connectivity index is 1.18. The van der Waals surface area contributed by atoms with Gasteiger partial charge in [-0.2, -0.15) is 0 Å². The minimum atomic E-state index is 0.600. The lowest BCUT2D eigenvalue weighted by molar-refractivity contribution is 0.623.